The summed E-state index contributed by atoms with van der Waals surface area (Å²) in [6, 6.07) is 5.38. The molecule has 2 unspecified atom stereocenters. The molecular formula is C12H20BrNS. The fourth-order valence-electron chi connectivity index (χ4n) is 1.75. The molecule has 1 aromatic rings. The van der Waals surface area contributed by atoms with Gasteiger partial charge in [0.15, 0.2) is 0 Å². The zero-order chi connectivity index (χ0) is 11.4. The summed E-state index contributed by atoms with van der Waals surface area (Å²) in [7, 11) is 0. The van der Waals surface area contributed by atoms with Crippen LogP contribution in [0.5, 0.6) is 0 Å². The van der Waals surface area contributed by atoms with Gasteiger partial charge in [0.05, 0.1) is 3.79 Å². The van der Waals surface area contributed by atoms with Gasteiger partial charge in [-0.15, -0.1) is 11.3 Å². The maximum Gasteiger partial charge on any atom is 0.0701 e. The molecular weight excluding hydrogens is 270 g/mol. The van der Waals surface area contributed by atoms with E-state index in [1.165, 1.54) is 15.1 Å². The minimum Gasteiger partial charge on any atom is -0.306 e. The predicted molar refractivity (Wildman–Crippen MR) is 72.5 cm³/mol. The highest BCUT2D eigenvalue weighted by Gasteiger charge is 2.15. The van der Waals surface area contributed by atoms with Crippen molar-refractivity contribution in [1.29, 1.82) is 0 Å². The third kappa shape index (κ3) is 3.89. The van der Waals surface area contributed by atoms with E-state index in [9.17, 15) is 0 Å². The van der Waals surface area contributed by atoms with E-state index in [0.29, 0.717) is 18.0 Å². The van der Waals surface area contributed by atoms with Gasteiger partial charge in [0, 0.05) is 17.0 Å². The first-order valence-electron chi connectivity index (χ1n) is 5.55. The molecule has 1 nitrogen and oxygen atoms in total. The second-order valence-corrected chi connectivity index (χ2v) is 6.78. The highest BCUT2D eigenvalue weighted by Crippen LogP contribution is 2.27. The Bertz CT molecular complexity index is 296. The van der Waals surface area contributed by atoms with Crippen LogP contribution in [0.4, 0.5) is 0 Å². The Morgan fingerprint density at radius 2 is 2.00 bits per heavy atom. The molecule has 3 heteroatoms. The third-order valence-electron chi connectivity index (χ3n) is 2.73. The van der Waals surface area contributed by atoms with Crippen molar-refractivity contribution in [2.24, 2.45) is 5.92 Å². The van der Waals surface area contributed by atoms with Gasteiger partial charge < -0.3 is 5.32 Å². The van der Waals surface area contributed by atoms with Crippen molar-refractivity contribution in [1.82, 2.24) is 5.32 Å². The number of hydrogen-bond acceptors (Lipinski definition) is 2. The molecule has 1 rings (SSSR count). The highest BCUT2D eigenvalue weighted by atomic mass is 79.9. The molecule has 0 amide bonds. The van der Waals surface area contributed by atoms with Crippen LogP contribution in [0.2, 0.25) is 0 Å². The summed E-state index contributed by atoms with van der Waals surface area (Å²) >= 11 is 5.32. The molecule has 0 saturated heterocycles. The van der Waals surface area contributed by atoms with Gasteiger partial charge in [-0.2, -0.15) is 0 Å². The fraction of sp³-hybridized carbons (Fsp3) is 0.667. The van der Waals surface area contributed by atoms with Crippen molar-refractivity contribution >= 4 is 27.3 Å². The van der Waals surface area contributed by atoms with E-state index in [1.807, 2.05) is 11.3 Å². The van der Waals surface area contributed by atoms with Gasteiger partial charge in [-0.1, -0.05) is 20.8 Å². The summed E-state index contributed by atoms with van der Waals surface area (Å²) in [4.78, 5) is 1.40. The van der Waals surface area contributed by atoms with Crippen LogP contribution in [0.15, 0.2) is 15.9 Å². The SMILES string of the molecule is CCC(NC(C)c1ccc(Br)s1)C(C)C. The topological polar surface area (TPSA) is 12.0 Å². The Labute approximate surface area is 105 Å². The molecule has 0 radical (unpaired) electrons. The van der Waals surface area contributed by atoms with Crippen molar-refractivity contribution in [3.05, 3.63) is 20.8 Å². The smallest absolute Gasteiger partial charge is 0.0701 e. The molecule has 1 N–H and O–H groups in total. The van der Waals surface area contributed by atoms with Gasteiger partial charge in [0.25, 0.3) is 0 Å². The normalized spacial score (nSPS) is 15.6. The van der Waals surface area contributed by atoms with E-state index in [2.05, 4.69) is 61.1 Å². The van der Waals surface area contributed by atoms with E-state index in [-0.39, 0.29) is 0 Å². The molecule has 0 spiro atoms. The second-order valence-electron chi connectivity index (χ2n) is 4.29. The number of nitrogens with one attached hydrogen (secondary N) is 1. The van der Waals surface area contributed by atoms with Crippen molar-refractivity contribution in [2.45, 2.75) is 46.2 Å². The second kappa shape index (κ2) is 6.02. The van der Waals surface area contributed by atoms with E-state index in [1.54, 1.807) is 0 Å². The Balaban J connectivity index is 2.58. The minimum atomic E-state index is 0.452. The Morgan fingerprint density at radius 3 is 2.40 bits per heavy atom. The van der Waals surface area contributed by atoms with E-state index >= 15 is 0 Å². The van der Waals surface area contributed by atoms with Gasteiger partial charge >= 0.3 is 0 Å². The summed E-state index contributed by atoms with van der Waals surface area (Å²) in [5.41, 5.74) is 0. The molecule has 0 aliphatic carbocycles. The van der Waals surface area contributed by atoms with E-state index in [0.717, 1.165) is 0 Å². The minimum absolute atomic E-state index is 0.452. The Kier molecular flexibility index (Phi) is 5.30. The quantitative estimate of drug-likeness (QED) is 0.836. The Morgan fingerprint density at radius 1 is 1.33 bits per heavy atom. The average molecular weight is 290 g/mol. The molecule has 1 heterocycles. The van der Waals surface area contributed by atoms with Crippen molar-refractivity contribution in [3.8, 4) is 0 Å². The molecule has 0 bridgehead atoms. The third-order valence-corrected chi connectivity index (χ3v) is 4.54. The summed E-state index contributed by atoms with van der Waals surface area (Å²) in [6.45, 7) is 9.04. The van der Waals surface area contributed by atoms with Gasteiger partial charge in [-0.25, -0.2) is 0 Å². The first kappa shape index (κ1) is 13.2. The average Bonchev–Trinajstić information content (AvgIpc) is 2.60. The van der Waals surface area contributed by atoms with Crippen LogP contribution < -0.4 is 5.32 Å². The summed E-state index contributed by atoms with van der Waals surface area (Å²) in [5, 5.41) is 3.69. The van der Waals surface area contributed by atoms with E-state index in [4.69, 9.17) is 0 Å². The van der Waals surface area contributed by atoms with Crippen molar-refractivity contribution in [3.63, 3.8) is 0 Å². The standard InChI is InChI=1S/C12H20BrNS/c1-5-10(8(2)3)14-9(4)11-6-7-12(13)15-11/h6-10,14H,5H2,1-4H3. The molecule has 0 saturated carbocycles. The van der Waals surface area contributed by atoms with Crippen LogP contribution in [0.1, 0.15) is 45.0 Å². The number of halogens is 1. The van der Waals surface area contributed by atoms with Gasteiger partial charge in [0.2, 0.25) is 0 Å². The molecule has 0 fully saturated rings. The molecule has 0 aliphatic heterocycles. The lowest BCUT2D eigenvalue weighted by Gasteiger charge is -2.24. The van der Waals surface area contributed by atoms with E-state index < -0.39 is 0 Å². The first-order chi connectivity index (χ1) is 7.04. The molecule has 1 aromatic heterocycles. The van der Waals surface area contributed by atoms with Crippen LogP contribution in [0.3, 0.4) is 0 Å². The number of rotatable bonds is 5. The fourth-order valence-corrected chi connectivity index (χ4v) is 3.18. The molecule has 2 atom stereocenters. The van der Waals surface area contributed by atoms with Crippen molar-refractivity contribution in [2.75, 3.05) is 0 Å². The maximum atomic E-state index is 3.69. The maximum absolute atomic E-state index is 3.69. The number of thiophene rings is 1. The molecule has 15 heavy (non-hydrogen) atoms. The lowest BCUT2D eigenvalue weighted by molar-refractivity contribution is 0.358. The zero-order valence-corrected chi connectivity index (χ0v) is 12.3. The van der Waals surface area contributed by atoms with Gasteiger partial charge in [-0.3, -0.25) is 0 Å². The monoisotopic (exact) mass is 289 g/mol. The van der Waals surface area contributed by atoms with Crippen LogP contribution in [-0.4, -0.2) is 6.04 Å². The summed E-state index contributed by atoms with van der Waals surface area (Å²) < 4.78 is 1.21. The molecule has 0 aromatic carbocycles. The Hall–Kier alpha value is 0.140. The van der Waals surface area contributed by atoms with Gasteiger partial charge in [-0.05, 0) is 47.3 Å². The van der Waals surface area contributed by atoms with Gasteiger partial charge in [0.1, 0.15) is 0 Å². The molecule has 0 aliphatic rings. The largest absolute Gasteiger partial charge is 0.306 e. The number of hydrogen-bond donors (Lipinski definition) is 1. The lowest BCUT2D eigenvalue weighted by Crippen LogP contribution is -2.34. The first-order valence-corrected chi connectivity index (χ1v) is 7.16. The van der Waals surface area contributed by atoms with Crippen molar-refractivity contribution < 1.29 is 0 Å². The highest BCUT2D eigenvalue weighted by molar-refractivity contribution is 9.11. The summed E-state index contributed by atoms with van der Waals surface area (Å²) in [6.07, 6.45) is 1.19. The molecule has 86 valence electrons. The lowest BCUT2D eigenvalue weighted by atomic mass is 10.0. The summed E-state index contributed by atoms with van der Waals surface area (Å²) in [5.74, 6) is 0.695. The van der Waals surface area contributed by atoms with Crippen LogP contribution in [0.25, 0.3) is 0 Å². The van der Waals surface area contributed by atoms with Crippen LogP contribution in [0, 0.1) is 5.92 Å². The zero-order valence-electron chi connectivity index (χ0n) is 9.88. The van der Waals surface area contributed by atoms with Crippen LogP contribution in [-0.2, 0) is 0 Å². The van der Waals surface area contributed by atoms with Crippen LogP contribution >= 0.6 is 27.3 Å². The predicted octanol–water partition coefficient (Wildman–Crippen LogP) is 4.60.